The zero-order chi connectivity index (χ0) is 11.5. The maximum atomic E-state index is 4.40. The van der Waals surface area contributed by atoms with E-state index < -0.39 is 0 Å². The predicted molar refractivity (Wildman–Crippen MR) is 66.5 cm³/mol. The van der Waals surface area contributed by atoms with Crippen molar-refractivity contribution in [2.75, 3.05) is 6.54 Å². The van der Waals surface area contributed by atoms with E-state index in [1.807, 2.05) is 11.7 Å². The van der Waals surface area contributed by atoms with E-state index in [2.05, 4.69) is 30.3 Å². The molecule has 2 rings (SSSR count). The fourth-order valence-corrected chi connectivity index (χ4v) is 2.13. The van der Waals surface area contributed by atoms with E-state index in [0.29, 0.717) is 0 Å². The molecule has 16 heavy (non-hydrogen) atoms. The van der Waals surface area contributed by atoms with E-state index in [1.54, 1.807) is 0 Å². The van der Waals surface area contributed by atoms with E-state index in [9.17, 15) is 0 Å². The summed E-state index contributed by atoms with van der Waals surface area (Å²) >= 11 is 0. The summed E-state index contributed by atoms with van der Waals surface area (Å²) in [6, 6.07) is 3.03. The molecule has 1 unspecified atom stereocenters. The summed E-state index contributed by atoms with van der Waals surface area (Å²) in [6.45, 7) is 5.50. The van der Waals surface area contributed by atoms with Gasteiger partial charge in [-0.15, -0.1) is 0 Å². The molecule has 0 radical (unpaired) electrons. The quantitative estimate of drug-likeness (QED) is 0.797. The molecule has 90 valence electrons. The molecule has 3 nitrogen and oxygen atoms in total. The molecule has 0 bridgehead atoms. The number of rotatable bonds is 6. The largest absolute Gasteiger partial charge is 0.314 e. The summed E-state index contributed by atoms with van der Waals surface area (Å²) in [5.74, 6) is 0.746. The lowest BCUT2D eigenvalue weighted by molar-refractivity contribution is 0.446. The number of nitrogens with one attached hydrogen (secondary N) is 1. The van der Waals surface area contributed by atoms with Crippen molar-refractivity contribution < 1.29 is 0 Å². The van der Waals surface area contributed by atoms with Crippen molar-refractivity contribution in [3.63, 3.8) is 0 Å². The third kappa shape index (κ3) is 3.08. The fourth-order valence-electron chi connectivity index (χ4n) is 2.13. The van der Waals surface area contributed by atoms with Crippen LogP contribution in [0.5, 0.6) is 0 Å². The molecule has 0 saturated heterocycles. The molecule has 0 spiro atoms. The lowest BCUT2D eigenvalue weighted by Crippen LogP contribution is -2.26. The van der Waals surface area contributed by atoms with Crippen molar-refractivity contribution in [3.8, 4) is 0 Å². The summed E-state index contributed by atoms with van der Waals surface area (Å²) < 4.78 is 2.02. The normalized spacial score (nSPS) is 17.7. The van der Waals surface area contributed by atoms with Gasteiger partial charge in [-0.05, 0) is 44.7 Å². The Bertz CT molecular complexity index is 339. The molecule has 1 aromatic rings. The molecule has 1 aliphatic carbocycles. The summed E-state index contributed by atoms with van der Waals surface area (Å²) in [6.07, 6.45) is 5.14. The van der Waals surface area contributed by atoms with Crippen molar-refractivity contribution in [1.82, 2.24) is 15.1 Å². The summed E-state index contributed by atoms with van der Waals surface area (Å²) in [4.78, 5) is 0. The van der Waals surface area contributed by atoms with Crippen molar-refractivity contribution in [1.29, 1.82) is 0 Å². The first kappa shape index (κ1) is 11.6. The van der Waals surface area contributed by atoms with Gasteiger partial charge in [-0.1, -0.05) is 13.3 Å². The predicted octanol–water partition coefficient (Wildman–Crippen LogP) is 2.05. The average molecular weight is 221 g/mol. The molecular formula is C13H23N3. The number of aryl methyl sites for hydroxylation is 2. The van der Waals surface area contributed by atoms with Gasteiger partial charge in [0.25, 0.3) is 0 Å². The first-order valence-electron chi connectivity index (χ1n) is 6.42. The summed E-state index contributed by atoms with van der Waals surface area (Å²) in [5, 5.41) is 8.03. The smallest absolute Gasteiger partial charge is 0.0596 e. The second-order valence-corrected chi connectivity index (χ2v) is 5.06. The van der Waals surface area contributed by atoms with Gasteiger partial charge in [0.15, 0.2) is 0 Å². The van der Waals surface area contributed by atoms with Crippen molar-refractivity contribution in [2.24, 2.45) is 13.0 Å². The lowest BCUT2D eigenvalue weighted by atomic mass is 10.00. The second kappa shape index (κ2) is 5.00. The van der Waals surface area contributed by atoms with E-state index in [0.717, 1.165) is 30.6 Å². The Kier molecular flexibility index (Phi) is 3.64. The van der Waals surface area contributed by atoms with Crippen LogP contribution in [0.1, 0.15) is 37.6 Å². The van der Waals surface area contributed by atoms with Crippen LogP contribution in [0.4, 0.5) is 0 Å². The molecule has 3 heteroatoms. The van der Waals surface area contributed by atoms with Crippen LogP contribution in [0, 0.1) is 12.8 Å². The highest BCUT2D eigenvalue weighted by Gasteiger charge is 2.21. The van der Waals surface area contributed by atoms with Crippen LogP contribution in [-0.4, -0.2) is 22.4 Å². The molecule has 1 N–H and O–H groups in total. The zero-order valence-electron chi connectivity index (χ0n) is 10.7. The highest BCUT2D eigenvalue weighted by molar-refractivity contribution is 5.09. The van der Waals surface area contributed by atoms with Crippen molar-refractivity contribution in [2.45, 2.75) is 45.6 Å². The maximum Gasteiger partial charge on any atom is 0.0596 e. The molecule has 1 heterocycles. The van der Waals surface area contributed by atoms with E-state index >= 15 is 0 Å². The first-order chi connectivity index (χ1) is 7.69. The number of nitrogens with zero attached hydrogens (tertiary/aromatic N) is 2. The molecular weight excluding hydrogens is 198 g/mol. The van der Waals surface area contributed by atoms with Crippen LogP contribution in [-0.2, 0) is 13.5 Å². The molecule has 1 atom stereocenters. The van der Waals surface area contributed by atoms with Crippen LogP contribution in [0.2, 0.25) is 0 Å². The topological polar surface area (TPSA) is 29.9 Å². The Hall–Kier alpha value is -0.830. The second-order valence-electron chi connectivity index (χ2n) is 5.06. The standard InChI is InChI=1S/C13H23N3/c1-4-11(9-14-12-5-6-12)8-13-7-10(2)15-16(13)3/h7,11-12,14H,4-6,8-9H2,1-3H3. The van der Waals surface area contributed by atoms with E-state index in [1.165, 1.54) is 25.0 Å². The van der Waals surface area contributed by atoms with Crippen molar-refractivity contribution in [3.05, 3.63) is 17.5 Å². The third-order valence-corrected chi connectivity index (χ3v) is 3.45. The molecule has 0 amide bonds. The number of hydrogen-bond donors (Lipinski definition) is 1. The Labute approximate surface area is 98.2 Å². The minimum atomic E-state index is 0.746. The minimum Gasteiger partial charge on any atom is -0.314 e. The van der Waals surface area contributed by atoms with Gasteiger partial charge < -0.3 is 5.32 Å². The molecule has 1 aliphatic rings. The number of hydrogen-bond acceptors (Lipinski definition) is 2. The highest BCUT2D eigenvalue weighted by Crippen LogP contribution is 2.20. The van der Waals surface area contributed by atoms with Crippen LogP contribution in [0.15, 0.2) is 6.07 Å². The van der Waals surface area contributed by atoms with E-state index in [-0.39, 0.29) is 0 Å². The summed E-state index contributed by atoms with van der Waals surface area (Å²) in [5.41, 5.74) is 2.49. The summed E-state index contributed by atoms with van der Waals surface area (Å²) in [7, 11) is 2.05. The van der Waals surface area contributed by atoms with Crippen LogP contribution < -0.4 is 5.32 Å². The van der Waals surface area contributed by atoms with Crippen LogP contribution in [0.3, 0.4) is 0 Å². The average Bonchev–Trinajstić information content (AvgIpc) is 3.01. The van der Waals surface area contributed by atoms with Gasteiger partial charge in [-0.2, -0.15) is 5.10 Å². The Morgan fingerprint density at radius 1 is 1.56 bits per heavy atom. The van der Waals surface area contributed by atoms with Gasteiger partial charge in [-0.25, -0.2) is 0 Å². The molecule has 1 fully saturated rings. The lowest BCUT2D eigenvalue weighted by Gasteiger charge is -2.15. The van der Waals surface area contributed by atoms with Crippen LogP contribution in [0.25, 0.3) is 0 Å². The fraction of sp³-hybridized carbons (Fsp3) is 0.769. The van der Waals surface area contributed by atoms with Gasteiger partial charge in [0.05, 0.1) is 5.69 Å². The van der Waals surface area contributed by atoms with Gasteiger partial charge in [0.1, 0.15) is 0 Å². The van der Waals surface area contributed by atoms with Gasteiger partial charge >= 0.3 is 0 Å². The minimum absolute atomic E-state index is 0.746. The zero-order valence-corrected chi connectivity index (χ0v) is 10.7. The SMILES string of the molecule is CCC(CNC1CC1)Cc1cc(C)nn1C. The number of aromatic nitrogens is 2. The van der Waals surface area contributed by atoms with Gasteiger partial charge in [0, 0.05) is 18.8 Å². The molecule has 0 aliphatic heterocycles. The Morgan fingerprint density at radius 2 is 2.31 bits per heavy atom. The molecule has 1 aromatic heterocycles. The molecule has 0 aromatic carbocycles. The van der Waals surface area contributed by atoms with Gasteiger partial charge in [-0.3, -0.25) is 4.68 Å². The molecule has 1 saturated carbocycles. The Balaban J connectivity index is 1.86. The van der Waals surface area contributed by atoms with E-state index in [4.69, 9.17) is 0 Å². The van der Waals surface area contributed by atoms with Crippen LogP contribution >= 0.6 is 0 Å². The highest BCUT2D eigenvalue weighted by atomic mass is 15.3. The first-order valence-corrected chi connectivity index (χ1v) is 6.42. The maximum absolute atomic E-state index is 4.40. The third-order valence-electron chi connectivity index (χ3n) is 3.45. The van der Waals surface area contributed by atoms with Crippen molar-refractivity contribution >= 4 is 0 Å². The Morgan fingerprint density at radius 3 is 2.81 bits per heavy atom. The van der Waals surface area contributed by atoms with Gasteiger partial charge in [0.2, 0.25) is 0 Å². The monoisotopic (exact) mass is 221 g/mol.